The molecule has 0 amide bonds. The molecule has 94 valence electrons. The molecule has 6 heteroatoms. The van der Waals surface area contributed by atoms with Gasteiger partial charge in [-0.05, 0) is 44.4 Å². The molecule has 0 unspecified atom stereocenters. The van der Waals surface area contributed by atoms with E-state index in [-0.39, 0.29) is 0 Å². The summed E-state index contributed by atoms with van der Waals surface area (Å²) in [6.07, 6.45) is 4.19. The summed E-state index contributed by atoms with van der Waals surface area (Å²) < 4.78 is 3.48. The Morgan fingerprint density at radius 2 is 2.06 bits per heavy atom. The van der Waals surface area contributed by atoms with E-state index in [1.165, 1.54) is 0 Å². The average Bonchev–Trinajstić information content (AvgIpc) is 2.56. The van der Waals surface area contributed by atoms with Gasteiger partial charge in [-0.2, -0.15) is 0 Å². The van der Waals surface area contributed by atoms with Gasteiger partial charge in [-0.3, -0.25) is 9.97 Å². The first kappa shape index (κ1) is 13.4. The summed E-state index contributed by atoms with van der Waals surface area (Å²) in [6.45, 7) is 6.02. The van der Waals surface area contributed by atoms with Crippen LogP contribution >= 0.6 is 31.9 Å². The van der Waals surface area contributed by atoms with Crippen molar-refractivity contribution in [3.63, 3.8) is 0 Å². The van der Waals surface area contributed by atoms with Gasteiger partial charge in [0.15, 0.2) is 4.73 Å². The molecule has 0 radical (unpaired) electrons. The molecular weight excluding hydrogens is 360 g/mol. The highest BCUT2D eigenvalue weighted by molar-refractivity contribution is 9.11. The fourth-order valence-electron chi connectivity index (χ4n) is 1.64. The molecule has 0 aliphatic heterocycles. The second kappa shape index (κ2) is 5.32. The zero-order valence-electron chi connectivity index (χ0n) is 10.1. The summed E-state index contributed by atoms with van der Waals surface area (Å²) in [6, 6.07) is 0. The smallest absolute Gasteiger partial charge is 0.178 e. The molecule has 0 saturated carbocycles. The maximum absolute atomic E-state index is 4.33. The fourth-order valence-corrected chi connectivity index (χ4v) is 2.94. The Morgan fingerprint density at radius 1 is 1.33 bits per heavy atom. The maximum Gasteiger partial charge on any atom is 0.178 e. The lowest BCUT2D eigenvalue weighted by molar-refractivity contribution is 0.860. The van der Waals surface area contributed by atoms with Crippen LogP contribution < -0.4 is 0 Å². The highest BCUT2D eigenvalue weighted by Gasteiger charge is 2.14. The van der Waals surface area contributed by atoms with E-state index < -0.39 is 0 Å². The molecular formula is C12H12Br2N4. The number of nitrogens with zero attached hydrogens (tertiary/aromatic N) is 4. The van der Waals surface area contributed by atoms with Gasteiger partial charge in [-0.25, -0.2) is 4.98 Å². The lowest BCUT2D eigenvalue weighted by Crippen LogP contribution is -2.00. The van der Waals surface area contributed by atoms with E-state index >= 15 is 0 Å². The Balaban J connectivity index is 2.24. The monoisotopic (exact) mass is 370 g/mol. The quantitative estimate of drug-likeness (QED) is 0.831. The van der Waals surface area contributed by atoms with Gasteiger partial charge in [0, 0.05) is 25.9 Å². The van der Waals surface area contributed by atoms with E-state index in [2.05, 4.69) is 53.4 Å². The molecule has 2 aromatic rings. The minimum atomic E-state index is 0.651. The summed E-state index contributed by atoms with van der Waals surface area (Å²) in [5, 5.41) is 0. The molecule has 0 aromatic carbocycles. The second-order valence-electron chi connectivity index (χ2n) is 4.01. The minimum Gasteiger partial charge on any atom is -0.321 e. The SMILES string of the molecule is C=C(Cc1cnc(C)cn1)c1c(Br)nc(Br)n1C. The molecule has 0 bridgehead atoms. The standard InChI is InChI=1S/C12H12Br2N4/c1-7(4-9-6-15-8(2)5-16-9)10-11(13)17-12(14)18(10)3/h5-6H,1,4H2,2-3H3. The van der Waals surface area contributed by atoms with E-state index in [9.17, 15) is 0 Å². The zero-order valence-corrected chi connectivity index (χ0v) is 13.3. The molecule has 0 N–H and O–H groups in total. The first-order valence-corrected chi connectivity index (χ1v) is 6.91. The van der Waals surface area contributed by atoms with Crippen molar-refractivity contribution in [3.8, 4) is 0 Å². The van der Waals surface area contributed by atoms with E-state index in [0.717, 1.165) is 32.0 Å². The third-order valence-electron chi connectivity index (χ3n) is 2.56. The summed E-state index contributed by atoms with van der Waals surface area (Å²) in [5.41, 5.74) is 3.72. The van der Waals surface area contributed by atoms with Crippen molar-refractivity contribution in [2.45, 2.75) is 13.3 Å². The van der Waals surface area contributed by atoms with E-state index in [1.807, 2.05) is 18.5 Å². The first-order chi connectivity index (χ1) is 8.49. The summed E-state index contributed by atoms with van der Waals surface area (Å²) in [4.78, 5) is 12.8. The number of allylic oxidation sites excluding steroid dienone is 1. The van der Waals surface area contributed by atoms with Crippen LogP contribution in [0.5, 0.6) is 0 Å². The molecule has 0 fully saturated rings. The number of hydrogen-bond donors (Lipinski definition) is 0. The molecule has 0 atom stereocenters. The molecule has 18 heavy (non-hydrogen) atoms. The maximum atomic E-state index is 4.33. The highest BCUT2D eigenvalue weighted by atomic mass is 79.9. The summed E-state index contributed by atoms with van der Waals surface area (Å²) in [5.74, 6) is 0. The predicted molar refractivity (Wildman–Crippen MR) is 78.1 cm³/mol. The fraction of sp³-hybridized carbons (Fsp3) is 0.250. The Hall–Kier alpha value is -1.01. The Bertz CT molecular complexity index is 587. The molecule has 2 rings (SSSR count). The topological polar surface area (TPSA) is 43.6 Å². The first-order valence-electron chi connectivity index (χ1n) is 5.32. The third-order valence-corrected chi connectivity index (χ3v) is 3.82. The van der Waals surface area contributed by atoms with Crippen molar-refractivity contribution in [2.24, 2.45) is 7.05 Å². The van der Waals surface area contributed by atoms with Crippen molar-refractivity contribution >= 4 is 37.4 Å². The van der Waals surface area contributed by atoms with Crippen molar-refractivity contribution in [3.05, 3.63) is 45.4 Å². The van der Waals surface area contributed by atoms with Crippen LogP contribution in [0.25, 0.3) is 5.57 Å². The number of aryl methyl sites for hydroxylation is 1. The highest BCUT2D eigenvalue weighted by Crippen LogP contribution is 2.27. The van der Waals surface area contributed by atoms with Crippen molar-refractivity contribution in [2.75, 3.05) is 0 Å². The second-order valence-corrected chi connectivity index (χ2v) is 5.47. The molecule has 2 heterocycles. The van der Waals surface area contributed by atoms with Crippen molar-refractivity contribution in [1.29, 1.82) is 0 Å². The van der Waals surface area contributed by atoms with Gasteiger partial charge >= 0.3 is 0 Å². The Kier molecular flexibility index (Phi) is 3.97. The lowest BCUT2D eigenvalue weighted by Gasteiger charge is -2.07. The van der Waals surface area contributed by atoms with E-state index in [0.29, 0.717) is 6.42 Å². The molecule has 0 spiro atoms. The lowest BCUT2D eigenvalue weighted by atomic mass is 10.1. The van der Waals surface area contributed by atoms with Crippen LogP contribution in [-0.4, -0.2) is 19.5 Å². The van der Waals surface area contributed by atoms with Gasteiger partial charge < -0.3 is 4.57 Å². The van der Waals surface area contributed by atoms with Crippen LogP contribution in [0.15, 0.2) is 28.3 Å². The summed E-state index contributed by atoms with van der Waals surface area (Å²) in [7, 11) is 1.93. The van der Waals surface area contributed by atoms with Crippen molar-refractivity contribution < 1.29 is 0 Å². The van der Waals surface area contributed by atoms with Crippen LogP contribution in [0.3, 0.4) is 0 Å². The van der Waals surface area contributed by atoms with Crippen LogP contribution in [0.1, 0.15) is 17.1 Å². The minimum absolute atomic E-state index is 0.651. The number of hydrogen-bond acceptors (Lipinski definition) is 3. The van der Waals surface area contributed by atoms with Crippen LogP contribution in [0.4, 0.5) is 0 Å². The van der Waals surface area contributed by atoms with Gasteiger partial charge in [-0.15, -0.1) is 0 Å². The van der Waals surface area contributed by atoms with E-state index in [4.69, 9.17) is 0 Å². The molecule has 4 nitrogen and oxygen atoms in total. The van der Waals surface area contributed by atoms with Gasteiger partial charge in [0.25, 0.3) is 0 Å². The number of aromatic nitrogens is 4. The third kappa shape index (κ3) is 2.70. The molecule has 2 aromatic heterocycles. The van der Waals surface area contributed by atoms with Gasteiger partial charge in [0.2, 0.25) is 0 Å². The van der Waals surface area contributed by atoms with E-state index in [1.54, 1.807) is 12.4 Å². The Morgan fingerprint density at radius 3 is 2.56 bits per heavy atom. The van der Waals surface area contributed by atoms with Crippen molar-refractivity contribution in [1.82, 2.24) is 19.5 Å². The molecule has 0 aliphatic rings. The largest absolute Gasteiger partial charge is 0.321 e. The average molecular weight is 372 g/mol. The number of halogens is 2. The van der Waals surface area contributed by atoms with Crippen LogP contribution in [-0.2, 0) is 13.5 Å². The van der Waals surface area contributed by atoms with Gasteiger partial charge in [0.1, 0.15) is 4.60 Å². The van der Waals surface area contributed by atoms with Gasteiger partial charge in [0.05, 0.1) is 17.1 Å². The number of imidazole rings is 1. The number of rotatable bonds is 3. The predicted octanol–water partition coefficient (Wildman–Crippen LogP) is 3.30. The molecule has 0 saturated heterocycles. The Labute approximate surface area is 122 Å². The van der Waals surface area contributed by atoms with Crippen LogP contribution in [0.2, 0.25) is 0 Å². The van der Waals surface area contributed by atoms with Crippen LogP contribution in [0, 0.1) is 6.92 Å². The summed E-state index contributed by atoms with van der Waals surface area (Å²) >= 11 is 6.82. The molecule has 0 aliphatic carbocycles. The van der Waals surface area contributed by atoms with Gasteiger partial charge in [-0.1, -0.05) is 6.58 Å². The normalized spacial score (nSPS) is 10.7. The zero-order chi connectivity index (χ0) is 13.3.